The number of nitrogens with two attached hydrogens (primary N) is 1. The number of oxime groups is 2. The highest BCUT2D eigenvalue weighted by Crippen LogP contribution is 2.32. The summed E-state index contributed by atoms with van der Waals surface area (Å²) in [6.07, 6.45) is 3.39. The molecular formula is C20H18Cl3N3O3. The summed E-state index contributed by atoms with van der Waals surface area (Å²) in [4.78, 5) is 21.7. The van der Waals surface area contributed by atoms with E-state index >= 15 is 0 Å². The van der Waals surface area contributed by atoms with E-state index in [1.54, 1.807) is 55.5 Å². The van der Waals surface area contributed by atoms with Crippen LogP contribution in [0.5, 0.6) is 0 Å². The van der Waals surface area contributed by atoms with Crippen LogP contribution in [0.25, 0.3) is 6.08 Å². The first kappa shape index (κ1) is 22.7. The fourth-order valence-corrected chi connectivity index (χ4v) is 2.99. The summed E-state index contributed by atoms with van der Waals surface area (Å²) in [5, 5.41) is 8.95. The summed E-state index contributed by atoms with van der Waals surface area (Å²) >= 11 is 18.3. The highest BCUT2D eigenvalue weighted by molar-refractivity contribution is 6.45. The number of hydrogen-bond acceptors (Lipinski definition) is 5. The number of benzene rings is 2. The Morgan fingerprint density at radius 3 is 2.48 bits per heavy atom. The number of allylic oxidation sites excluding steroid dienone is 1. The van der Waals surface area contributed by atoms with Crippen molar-refractivity contribution in [3.8, 4) is 0 Å². The number of carbonyl (C=O) groups excluding carboxylic acids is 1. The Hall–Kier alpha value is -2.54. The molecule has 0 saturated heterocycles. The van der Waals surface area contributed by atoms with Gasteiger partial charge in [-0.25, -0.2) is 0 Å². The zero-order valence-electron chi connectivity index (χ0n) is 15.7. The Bertz CT molecular complexity index is 988. The van der Waals surface area contributed by atoms with Gasteiger partial charge in [0.15, 0.2) is 5.71 Å². The molecule has 2 aromatic carbocycles. The minimum Gasteiger partial charge on any atom is -0.398 e. The van der Waals surface area contributed by atoms with E-state index in [9.17, 15) is 4.79 Å². The molecular weight excluding hydrogens is 437 g/mol. The normalized spacial score (nSPS) is 12.3. The Labute approximate surface area is 183 Å². The summed E-state index contributed by atoms with van der Waals surface area (Å²) in [5.41, 5.74) is 7.69. The first-order valence-corrected chi connectivity index (χ1v) is 9.46. The van der Waals surface area contributed by atoms with Gasteiger partial charge in [0.05, 0.1) is 15.8 Å². The molecule has 0 spiro atoms. The number of rotatable bonds is 8. The predicted octanol–water partition coefficient (Wildman–Crippen LogP) is 5.09. The molecule has 152 valence electrons. The summed E-state index contributed by atoms with van der Waals surface area (Å²) in [7, 11) is 1.33. The van der Waals surface area contributed by atoms with Crippen molar-refractivity contribution in [2.45, 2.75) is 13.5 Å². The minimum absolute atomic E-state index is 0.00228. The monoisotopic (exact) mass is 453 g/mol. The van der Waals surface area contributed by atoms with Gasteiger partial charge in [-0.15, -0.1) is 0 Å². The van der Waals surface area contributed by atoms with E-state index in [-0.39, 0.29) is 12.3 Å². The summed E-state index contributed by atoms with van der Waals surface area (Å²) in [6, 6.07) is 10.3. The standard InChI is InChI=1S/C20H18Cl3N3O3/c1-12(7-8-15-16(21)9-10-17(22)18(15)23)25-29-11-13-5-3-4-6-14(13)19(20(24)27)26-28-2/h3-10H,11H2,1-2H3,(H2,24,27)/b8-7+,25-12?,26-19?. The van der Waals surface area contributed by atoms with Crippen molar-refractivity contribution in [1.82, 2.24) is 0 Å². The summed E-state index contributed by atoms with van der Waals surface area (Å²) in [5.74, 6) is -0.711. The molecule has 0 radical (unpaired) electrons. The maximum absolute atomic E-state index is 11.6. The van der Waals surface area contributed by atoms with Crippen LogP contribution in [0.3, 0.4) is 0 Å². The van der Waals surface area contributed by atoms with Gasteiger partial charge in [-0.2, -0.15) is 0 Å². The molecule has 0 aromatic heterocycles. The summed E-state index contributed by atoms with van der Waals surface area (Å²) in [6.45, 7) is 1.84. The Kier molecular flexibility index (Phi) is 8.51. The molecule has 0 saturated carbocycles. The van der Waals surface area contributed by atoms with Crippen LogP contribution in [0.15, 0.2) is 52.8 Å². The van der Waals surface area contributed by atoms with E-state index in [1.165, 1.54) is 7.11 Å². The molecule has 9 heteroatoms. The molecule has 0 aliphatic carbocycles. The molecule has 0 heterocycles. The molecule has 6 nitrogen and oxygen atoms in total. The van der Waals surface area contributed by atoms with Crippen molar-refractivity contribution >= 4 is 58.2 Å². The molecule has 2 N–H and O–H groups in total. The lowest BCUT2D eigenvalue weighted by atomic mass is 10.0. The third-order valence-corrected chi connectivity index (χ3v) is 4.84. The third-order valence-electron chi connectivity index (χ3n) is 3.69. The first-order chi connectivity index (χ1) is 13.8. The van der Waals surface area contributed by atoms with Gasteiger partial charge in [-0.05, 0) is 25.1 Å². The molecule has 0 aliphatic rings. The smallest absolute Gasteiger partial charge is 0.271 e. The van der Waals surface area contributed by atoms with Crippen LogP contribution in [0.1, 0.15) is 23.6 Å². The molecule has 0 bridgehead atoms. The van der Waals surface area contributed by atoms with E-state index < -0.39 is 5.91 Å². The van der Waals surface area contributed by atoms with Crippen LogP contribution in [0.2, 0.25) is 15.1 Å². The predicted molar refractivity (Wildman–Crippen MR) is 118 cm³/mol. The molecule has 0 aliphatic heterocycles. The zero-order chi connectivity index (χ0) is 21.4. The van der Waals surface area contributed by atoms with Crippen molar-refractivity contribution in [3.63, 3.8) is 0 Å². The quantitative estimate of drug-likeness (QED) is 0.342. The van der Waals surface area contributed by atoms with Crippen LogP contribution in [-0.2, 0) is 21.1 Å². The zero-order valence-corrected chi connectivity index (χ0v) is 17.9. The van der Waals surface area contributed by atoms with Crippen molar-refractivity contribution in [1.29, 1.82) is 0 Å². The largest absolute Gasteiger partial charge is 0.398 e. The first-order valence-electron chi connectivity index (χ1n) is 8.32. The van der Waals surface area contributed by atoms with Gasteiger partial charge < -0.3 is 15.4 Å². The minimum atomic E-state index is -0.711. The fraction of sp³-hybridized carbons (Fsp3) is 0.150. The van der Waals surface area contributed by atoms with Gasteiger partial charge in [0, 0.05) is 21.7 Å². The van der Waals surface area contributed by atoms with Crippen molar-refractivity contribution < 1.29 is 14.5 Å². The van der Waals surface area contributed by atoms with Crippen molar-refractivity contribution in [3.05, 3.63) is 74.2 Å². The highest BCUT2D eigenvalue weighted by atomic mass is 35.5. The Morgan fingerprint density at radius 2 is 1.79 bits per heavy atom. The number of halogens is 3. The average molecular weight is 455 g/mol. The SMILES string of the molecule is CON=C(C(N)=O)c1ccccc1CON=C(C)/C=C/c1c(Cl)ccc(Cl)c1Cl. The van der Waals surface area contributed by atoms with Crippen molar-refractivity contribution in [2.24, 2.45) is 16.0 Å². The number of amides is 1. The maximum Gasteiger partial charge on any atom is 0.271 e. The van der Waals surface area contributed by atoms with E-state index in [2.05, 4.69) is 10.3 Å². The van der Waals surface area contributed by atoms with Gasteiger partial charge in [0.2, 0.25) is 0 Å². The molecule has 2 rings (SSSR count). The molecule has 0 unspecified atom stereocenters. The number of primary amides is 1. The van der Waals surface area contributed by atoms with Crippen LogP contribution in [0.4, 0.5) is 0 Å². The Balaban J connectivity index is 2.14. The van der Waals surface area contributed by atoms with E-state index in [4.69, 9.17) is 50.2 Å². The third kappa shape index (κ3) is 6.22. The lowest BCUT2D eigenvalue weighted by Crippen LogP contribution is -2.25. The van der Waals surface area contributed by atoms with Gasteiger partial charge in [-0.3, -0.25) is 4.79 Å². The average Bonchev–Trinajstić information content (AvgIpc) is 2.69. The molecule has 29 heavy (non-hydrogen) atoms. The van der Waals surface area contributed by atoms with Gasteiger partial charge in [-0.1, -0.05) is 75.5 Å². The highest BCUT2D eigenvalue weighted by Gasteiger charge is 2.15. The summed E-state index contributed by atoms with van der Waals surface area (Å²) < 4.78 is 0. The molecule has 0 fully saturated rings. The van der Waals surface area contributed by atoms with Gasteiger partial charge in [0.1, 0.15) is 13.7 Å². The molecule has 0 atom stereocenters. The molecule has 2 aromatic rings. The van der Waals surface area contributed by atoms with Crippen LogP contribution in [-0.4, -0.2) is 24.4 Å². The van der Waals surface area contributed by atoms with E-state index in [0.29, 0.717) is 37.5 Å². The van der Waals surface area contributed by atoms with Gasteiger partial charge in [0.25, 0.3) is 5.91 Å². The van der Waals surface area contributed by atoms with Crippen LogP contribution in [0, 0.1) is 0 Å². The van der Waals surface area contributed by atoms with Gasteiger partial charge >= 0.3 is 0 Å². The second kappa shape index (κ2) is 10.9. The number of nitrogens with zero attached hydrogens (tertiary/aromatic N) is 2. The Morgan fingerprint density at radius 1 is 1.10 bits per heavy atom. The van der Waals surface area contributed by atoms with E-state index in [1.807, 2.05) is 0 Å². The van der Waals surface area contributed by atoms with Crippen LogP contribution >= 0.6 is 34.8 Å². The van der Waals surface area contributed by atoms with Crippen LogP contribution < -0.4 is 5.73 Å². The lowest BCUT2D eigenvalue weighted by Gasteiger charge is -2.08. The number of hydrogen-bond donors (Lipinski definition) is 1. The second-order valence-electron chi connectivity index (χ2n) is 5.74. The van der Waals surface area contributed by atoms with E-state index in [0.717, 1.165) is 0 Å². The lowest BCUT2D eigenvalue weighted by molar-refractivity contribution is -0.112. The van der Waals surface area contributed by atoms with Crippen molar-refractivity contribution in [2.75, 3.05) is 7.11 Å². The second-order valence-corrected chi connectivity index (χ2v) is 6.93. The maximum atomic E-state index is 11.6. The fourth-order valence-electron chi connectivity index (χ4n) is 2.33. The molecule has 1 amide bonds. The number of carbonyl (C=O) groups is 1. The topological polar surface area (TPSA) is 86.3 Å².